The third-order valence-corrected chi connectivity index (χ3v) is 5.20. The number of carboxylic acid groups (broad SMARTS) is 1. The topological polar surface area (TPSA) is 60.9 Å². The van der Waals surface area contributed by atoms with Crippen molar-refractivity contribution in [2.75, 3.05) is 26.2 Å². The average Bonchev–Trinajstić information content (AvgIpc) is 3.00. The summed E-state index contributed by atoms with van der Waals surface area (Å²) in [5.74, 6) is -1.66. The Morgan fingerprint density at radius 1 is 1.20 bits per heavy atom. The van der Waals surface area contributed by atoms with Gasteiger partial charge in [0, 0.05) is 32.2 Å². The molecular formula is C15H26N2O3. The van der Waals surface area contributed by atoms with Crippen molar-refractivity contribution in [1.29, 1.82) is 0 Å². The highest BCUT2D eigenvalue weighted by Crippen LogP contribution is 2.59. The van der Waals surface area contributed by atoms with Crippen molar-refractivity contribution < 1.29 is 14.7 Å². The van der Waals surface area contributed by atoms with E-state index in [4.69, 9.17) is 0 Å². The van der Waals surface area contributed by atoms with Crippen molar-refractivity contribution in [3.63, 3.8) is 0 Å². The maximum Gasteiger partial charge on any atom is 0.307 e. The molecule has 0 spiro atoms. The monoisotopic (exact) mass is 282 g/mol. The van der Waals surface area contributed by atoms with E-state index in [-0.39, 0.29) is 11.8 Å². The van der Waals surface area contributed by atoms with Crippen LogP contribution in [-0.2, 0) is 9.59 Å². The van der Waals surface area contributed by atoms with Crippen molar-refractivity contribution in [3.8, 4) is 0 Å². The molecule has 0 aromatic carbocycles. The number of carboxylic acids is 1. The Bertz CT molecular complexity index is 400. The summed E-state index contributed by atoms with van der Waals surface area (Å²) in [4.78, 5) is 27.9. The van der Waals surface area contributed by atoms with Crippen LogP contribution in [0.3, 0.4) is 0 Å². The first-order valence-corrected chi connectivity index (χ1v) is 7.56. The van der Waals surface area contributed by atoms with E-state index in [1.54, 1.807) is 0 Å². The normalized spacial score (nSPS) is 30.9. The Kier molecular flexibility index (Phi) is 4.09. The molecule has 3 atom stereocenters. The maximum atomic E-state index is 12.5. The summed E-state index contributed by atoms with van der Waals surface area (Å²) in [6.45, 7) is 11.4. The molecule has 2 aliphatic rings. The number of carbonyl (C=O) groups excluding carboxylic acids is 1. The van der Waals surface area contributed by atoms with Crippen LogP contribution in [0.1, 0.15) is 34.1 Å². The summed E-state index contributed by atoms with van der Waals surface area (Å²) in [5.41, 5.74) is -0.392. The van der Waals surface area contributed by atoms with E-state index in [1.165, 1.54) is 0 Å². The van der Waals surface area contributed by atoms with Gasteiger partial charge in [0.25, 0.3) is 0 Å². The van der Waals surface area contributed by atoms with Crippen LogP contribution in [0.15, 0.2) is 0 Å². The maximum absolute atomic E-state index is 12.5. The van der Waals surface area contributed by atoms with Crippen LogP contribution in [0.2, 0.25) is 0 Å². The van der Waals surface area contributed by atoms with Gasteiger partial charge in [0.2, 0.25) is 5.91 Å². The Balaban J connectivity index is 1.92. The summed E-state index contributed by atoms with van der Waals surface area (Å²) < 4.78 is 0. The molecule has 3 unspecified atom stereocenters. The highest BCUT2D eigenvalue weighted by atomic mass is 16.4. The first-order valence-electron chi connectivity index (χ1n) is 7.56. The van der Waals surface area contributed by atoms with Crippen LogP contribution in [0.5, 0.6) is 0 Å². The predicted octanol–water partition coefficient (Wildman–Crippen LogP) is 1.29. The van der Waals surface area contributed by atoms with Gasteiger partial charge in [-0.1, -0.05) is 20.8 Å². The van der Waals surface area contributed by atoms with Gasteiger partial charge in [-0.25, -0.2) is 0 Å². The first-order chi connectivity index (χ1) is 9.30. The second-order valence-corrected chi connectivity index (χ2v) is 6.73. The Labute approximate surface area is 120 Å². The van der Waals surface area contributed by atoms with E-state index in [2.05, 4.69) is 18.7 Å². The average molecular weight is 282 g/mol. The predicted molar refractivity (Wildman–Crippen MR) is 76.3 cm³/mol. The molecule has 1 amide bonds. The molecule has 1 heterocycles. The molecule has 1 N–H and O–H groups in total. The minimum atomic E-state index is -0.841. The fraction of sp³-hybridized carbons (Fsp3) is 0.867. The van der Waals surface area contributed by atoms with Crippen LogP contribution in [0.4, 0.5) is 0 Å². The standard InChI is InChI=1S/C15H26N2O3/c1-5-10(2)16-6-8-17(9-7-16)13(18)11-12(14(19)20)15(11,3)4/h10-12H,5-9H2,1-4H3,(H,19,20). The molecule has 0 aromatic rings. The van der Waals surface area contributed by atoms with Gasteiger partial charge in [0.15, 0.2) is 0 Å². The molecule has 1 saturated carbocycles. The van der Waals surface area contributed by atoms with E-state index in [9.17, 15) is 14.7 Å². The van der Waals surface area contributed by atoms with Gasteiger partial charge >= 0.3 is 5.97 Å². The third-order valence-electron chi connectivity index (χ3n) is 5.20. The van der Waals surface area contributed by atoms with Crippen LogP contribution in [0, 0.1) is 17.3 Å². The second kappa shape index (κ2) is 5.35. The lowest BCUT2D eigenvalue weighted by Gasteiger charge is -2.38. The number of hydrogen-bond donors (Lipinski definition) is 1. The minimum Gasteiger partial charge on any atom is -0.481 e. The number of aliphatic carboxylic acids is 1. The van der Waals surface area contributed by atoms with Crippen molar-refractivity contribution in [3.05, 3.63) is 0 Å². The molecule has 1 saturated heterocycles. The molecule has 1 aliphatic heterocycles. The smallest absolute Gasteiger partial charge is 0.307 e. The zero-order valence-corrected chi connectivity index (χ0v) is 12.9. The fourth-order valence-corrected chi connectivity index (χ4v) is 3.40. The molecule has 20 heavy (non-hydrogen) atoms. The zero-order chi connectivity index (χ0) is 15.1. The molecule has 0 bridgehead atoms. The highest BCUT2D eigenvalue weighted by molar-refractivity contribution is 5.91. The Hall–Kier alpha value is -1.10. The van der Waals surface area contributed by atoms with Crippen LogP contribution in [-0.4, -0.2) is 59.0 Å². The van der Waals surface area contributed by atoms with Gasteiger partial charge in [-0.15, -0.1) is 0 Å². The van der Waals surface area contributed by atoms with E-state index in [0.717, 1.165) is 32.6 Å². The first kappa shape index (κ1) is 15.3. The largest absolute Gasteiger partial charge is 0.481 e. The summed E-state index contributed by atoms with van der Waals surface area (Å²) in [6.07, 6.45) is 1.12. The lowest BCUT2D eigenvalue weighted by molar-refractivity contribution is -0.142. The number of nitrogens with zero attached hydrogens (tertiary/aromatic N) is 2. The van der Waals surface area contributed by atoms with Gasteiger partial charge in [0.05, 0.1) is 11.8 Å². The van der Waals surface area contributed by atoms with E-state index < -0.39 is 17.3 Å². The van der Waals surface area contributed by atoms with Gasteiger partial charge in [-0.2, -0.15) is 0 Å². The second-order valence-electron chi connectivity index (χ2n) is 6.73. The number of hydrogen-bond acceptors (Lipinski definition) is 3. The number of carbonyl (C=O) groups is 2. The van der Waals surface area contributed by atoms with Crippen LogP contribution >= 0.6 is 0 Å². The fourth-order valence-electron chi connectivity index (χ4n) is 3.40. The Morgan fingerprint density at radius 2 is 1.75 bits per heavy atom. The van der Waals surface area contributed by atoms with Gasteiger partial charge < -0.3 is 10.0 Å². The van der Waals surface area contributed by atoms with E-state index in [1.807, 2.05) is 18.7 Å². The van der Waals surface area contributed by atoms with Gasteiger partial charge in [0.1, 0.15) is 0 Å². The van der Waals surface area contributed by atoms with Crippen molar-refractivity contribution in [2.45, 2.75) is 40.2 Å². The zero-order valence-electron chi connectivity index (χ0n) is 12.9. The van der Waals surface area contributed by atoms with Crippen molar-refractivity contribution in [2.24, 2.45) is 17.3 Å². The molecule has 0 aromatic heterocycles. The van der Waals surface area contributed by atoms with Crippen LogP contribution in [0.25, 0.3) is 0 Å². The molecule has 1 aliphatic carbocycles. The lowest BCUT2D eigenvalue weighted by Crippen LogP contribution is -2.51. The SMILES string of the molecule is CCC(C)N1CCN(C(=O)C2C(C(=O)O)C2(C)C)CC1. The molecule has 0 radical (unpaired) electrons. The molecular weight excluding hydrogens is 256 g/mol. The lowest BCUT2D eigenvalue weighted by atomic mass is 10.1. The number of rotatable bonds is 4. The van der Waals surface area contributed by atoms with E-state index >= 15 is 0 Å². The summed E-state index contributed by atoms with van der Waals surface area (Å²) in [5, 5.41) is 9.17. The quantitative estimate of drug-likeness (QED) is 0.844. The molecule has 5 nitrogen and oxygen atoms in total. The van der Waals surface area contributed by atoms with Crippen molar-refractivity contribution in [1.82, 2.24) is 9.80 Å². The van der Waals surface area contributed by atoms with Crippen molar-refractivity contribution >= 4 is 11.9 Å². The van der Waals surface area contributed by atoms with Crippen LogP contribution < -0.4 is 0 Å². The summed E-state index contributed by atoms with van der Waals surface area (Å²) in [7, 11) is 0. The molecule has 114 valence electrons. The summed E-state index contributed by atoms with van der Waals surface area (Å²) in [6, 6.07) is 0.552. The summed E-state index contributed by atoms with van der Waals surface area (Å²) >= 11 is 0. The minimum absolute atomic E-state index is 0.0335. The molecule has 2 rings (SSSR count). The van der Waals surface area contributed by atoms with E-state index in [0.29, 0.717) is 6.04 Å². The van der Waals surface area contributed by atoms with Gasteiger partial charge in [-0.05, 0) is 18.8 Å². The number of piperazine rings is 1. The Morgan fingerprint density at radius 3 is 2.15 bits per heavy atom. The van der Waals surface area contributed by atoms with Gasteiger partial charge in [-0.3, -0.25) is 14.5 Å². The molecule has 2 fully saturated rings. The highest BCUT2D eigenvalue weighted by Gasteiger charge is 2.66. The number of amides is 1. The molecule has 5 heteroatoms. The third kappa shape index (κ3) is 2.55.